The molecule has 0 fully saturated rings. The maximum atomic E-state index is 11.9. The summed E-state index contributed by atoms with van der Waals surface area (Å²) in [5.74, 6) is -0.957. The Bertz CT molecular complexity index is 925. The lowest BCUT2D eigenvalue weighted by Gasteiger charge is -2.08. The van der Waals surface area contributed by atoms with E-state index in [1.54, 1.807) is 42.5 Å². The zero-order valence-electron chi connectivity index (χ0n) is 12.5. The highest BCUT2D eigenvalue weighted by atomic mass is 35.5. The Hall–Kier alpha value is -2.24. The molecule has 0 aliphatic rings. The third-order valence-corrected chi connectivity index (χ3v) is 4.26. The second-order valence-corrected chi connectivity index (χ2v) is 5.91. The van der Waals surface area contributed by atoms with Crippen molar-refractivity contribution in [3.63, 3.8) is 0 Å². The standard InChI is InChI=1S/C17H13Cl2NO4/c18-12-4-3-5-13(19)11(12)10-23-16(21)8-9-20-14-6-1-2-7-15(14)24-17(20)22/h1-7H,8-10H2. The molecule has 124 valence electrons. The average Bonchev–Trinajstić information content (AvgIpc) is 2.87. The molecule has 24 heavy (non-hydrogen) atoms. The number of carbonyl (C=O) groups is 1. The number of aryl methyl sites for hydroxylation is 1. The minimum Gasteiger partial charge on any atom is -0.461 e. The van der Waals surface area contributed by atoms with E-state index < -0.39 is 11.7 Å². The number of esters is 1. The van der Waals surface area contributed by atoms with E-state index in [0.717, 1.165) is 0 Å². The third kappa shape index (κ3) is 3.47. The van der Waals surface area contributed by atoms with Gasteiger partial charge in [0.1, 0.15) is 6.61 Å². The van der Waals surface area contributed by atoms with Crippen LogP contribution in [0.2, 0.25) is 10.0 Å². The van der Waals surface area contributed by atoms with Gasteiger partial charge < -0.3 is 9.15 Å². The summed E-state index contributed by atoms with van der Waals surface area (Å²) in [6.07, 6.45) is 0.0332. The van der Waals surface area contributed by atoms with Crippen LogP contribution in [0.4, 0.5) is 0 Å². The molecule has 0 saturated heterocycles. The quantitative estimate of drug-likeness (QED) is 0.640. The van der Waals surface area contributed by atoms with Crippen LogP contribution in [0.15, 0.2) is 51.7 Å². The van der Waals surface area contributed by atoms with Crippen molar-refractivity contribution in [2.75, 3.05) is 0 Å². The van der Waals surface area contributed by atoms with Crippen molar-refractivity contribution >= 4 is 40.3 Å². The number of nitrogens with zero attached hydrogens (tertiary/aromatic N) is 1. The van der Waals surface area contributed by atoms with Crippen molar-refractivity contribution in [3.05, 3.63) is 68.6 Å². The minimum absolute atomic E-state index is 0.0155. The fourth-order valence-corrected chi connectivity index (χ4v) is 2.83. The fraction of sp³-hybridized carbons (Fsp3) is 0.176. The number of ether oxygens (including phenoxy) is 1. The second-order valence-electron chi connectivity index (χ2n) is 5.10. The summed E-state index contributed by atoms with van der Waals surface area (Å²) < 4.78 is 11.7. The first-order valence-corrected chi connectivity index (χ1v) is 7.99. The Kier molecular flexibility index (Phi) is 4.92. The lowest BCUT2D eigenvalue weighted by molar-refractivity contribution is -0.145. The molecule has 5 nitrogen and oxygen atoms in total. The van der Waals surface area contributed by atoms with Crippen LogP contribution >= 0.6 is 23.2 Å². The lowest BCUT2D eigenvalue weighted by Crippen LogP contribution is -2.17. The van der Waals surface area contributed by atoms with Gasteiger partial charge in [0.25, 0.3) is 0 Å². The molecule has 1 aromatic heterocycles. The van der Waals surface area contributed by atoms with Crippen molar-refractivity contribution in [3.8, 4) is 0 Å². The van der Waals surface area contributed by atoms with Crippen LogP contribution in [-0.4, -0.2) is 10.5 Å². The van der Waals surface area contributed by atoms with Gasteiger partial charge in [0.15, 0.2) is 5.58 Å². The summed E-state index contributed by atoms with van der Waals surface area (Å²) in [4.78, 5) is 23.8. The molecule has 2 aromatic carbocycles. The molecule has 1 heterocycles. The second kappa shape index (κ2) is 7.11. The Morgan fingerprint density at radius 2 is 1.79 bits per heavy atom. The van der Waals surface area contributed by atoms with Gasteiger partial charge in [0, 0.05) is 22.2 Å². The van der Waals surface area contributed by atoms with Crippen LogP contribution in [0.25, 0.3) is 11.1 Å². The molecule has 3 aromatic rings. The molecule has 0 radical (unpaired) electrons. The molecule has 3 rings (SSSR count). The van der Waals surface area contributed by atoms with Crippen LogP contribution in [0.5, 0.6) is 0 Å². The van der Waals surface area contributed by atoms with E-state index in [1.807, 2.05) is 0 Å². The van der Waals surface area contributed by atoms with Gasteiger partial charge in [-0.1, -0.05) is 41.4 Å². The van der Waals surface area contributed by atoms with Gasteiger partial charge in [0.2, 0.25) is 0 Å². The first-order valence-electron chi connectivity index (χ1n) is 7.23. The van der Waals surface area contributed by atoms with Crippen LogP contribution in [-0.2, 0) is 22.7 Å². The summed E-state index contributed by atoms with van der Waals surface area (Å²) in [7, 11) is 0. The average molecular weight is 366 g/mol. The minimum atomic E-state index is -0.502. The van der Waals surface area contributed by atoms with Crippen molar-refractivity contribution < 1.29 is 13.9 Å². The fourth-order valence-electron chi connectivity index (χ4n) is 2.32. The van der Waals surface area contributed by atoms with Crippen LogP contribution < -0.4 is 5.76 Å². The number of fused-ring (bicyclic) bond motifs is 1. The highest BCUT2D eigenvalue weighted by Gasteiger charge is 2.12. The first kappa shape index (κ1) is 16.6. The number of para-hydroxylation sites is 2. The smallest absolute Gasteiger partial charge is 0.419 e. The topological polar surface area (TPSA) is 61.4 Å². The Morgan fingerprint density at radius 3 is 2.54 bits per heavy atom. The molecule has 0 atom stereocenters. The predicted octanol–water partition coefficient (Wildman–Crippen LogP) is 4.03. The Morgan fingerprint density at radius 1 is 1.08 bits per heavy atom. The number of hydrogen-bond donors (Lipinski definition) is 0. The molecule has 0 spiro atoms. The molecule has 0 aliphatic heterocycles. The maximum Gasteiger partial charge on any atom is 0.419 e. The van der Waals surface area contributed by atoms with Gasteiger partial charge >= 0.3 is 11.7 Å². The van der Waals surface area contributed by atoms with E-state index in [4.69, 9.17) is 32.4 Å². The normalized spacial score (nSPS) is 10.9. The van der Waals surface area contributed by atoms with Crippen molar-refractivity contribution in [1.29, 1.82) is 0 Å². The number of halogens is 2. The van der Waals surface area contributed by atoms with Gasteiger partial charge in [-0.15, -0.1) is 0 Å². The van der Waals surface area contributed by atoms with E-state index in [9.17, 15) is 9.59 Å². The van der Waals surface area contributed by atoms with Crippen molar-refractivity contribution in [2.24, 2.45) is 0 Å². The molecule has 0 N–H and O–H groups in total. The van der Waals surface area contributed by atoms with Gasteiger partial charge in [-0.3, -0.25) is 9.36 Å². The molecule has 0 amide bonds. The first-order chi connectivity index (χ1) is 11.6. The van der Waals surface area contributed by atoms with E-state index >= 15 is 0 Å². The van der Waals surface area contributed by atoms with E-state index in [0.29, 0.717) is 26.7 Å². The van der Waals surface area contributed by atoms with Crippen LogP contribution in [0, 0.1) is 0 Å². The molecule has 0 unspecified atom stereocenters. The molecular weight excluding hydrogens is 353 g/mol. The van der Waals surface area contributed by atoms with Crippen molar-refractivity contribution in [2.45, 2.75) is 19.6 Å². The molecule has 7 heteroatoms. The number of aromatic nitrogens is 1. The number of benzene rings is 2. The SMILES string of the molecule is O=C(CCn1c(=O)oc2ccccc21)OCc1c(Cl)cccc1Cl. The van der Waals surface area contributed by atoms with E-state index in [-0.39, 0.29) is 19.6 Å². The van der Waals surface area contributed by atoms with Crippen molar-refractivity contribution in [1.82, 2.24) is 4.57 Å². The van der Waals surface area contributed by atoms with Gasteiger partial charge in [-0.2, -0.15) is 0 Å². The number of carbonyl (C=O) groups excluding carboxylic acids is 1. The summed E-state index contributed by atoms with van der Waals surface area (Å²) in [6, 6.07) is 12.1. The predicted molar refractivity (Wildman–Crippen MR) is 91.3 cm³/mol. The van der Waals surface area contributed by atoms with Gasteiger partial charge in [-0.25, -0.2) is 4.79 Å². The zero-order chi connectivity index (χ0) is 17.1. The van der Waals surface area contributed by atoms with Gasteiger partial charge in [-0.05, 0) is 24.3 Å². The summed E-state index contributed by atoms with van der Waals surface area (Å²) in [6.45, 7) is 0.156. The zero-order valence-corrected chi connectivity index (χ0v) is 14.0. The Balaban J connectivity index is 1.63. The molecule has 0 saturated carbocycles. The molecule has 0 bridgehead atoms. The third-order valence-electron chi connectivity index (χ3n) is 3.55. The van der Waals surface area contributed by atoms with Crippen LogP contribution in [0.3, 0.4) is 0 Å². The number of oxazole rings is 1. The maximum absolute atomic E-state index is 11.9. The lowest BCUT2D eigenvalue weighted by atomic mass is 10.2. The summed E-state index contributed by atoms with van der Waals surface area (Å²) in [5, 5.41) is 0.875. The van der Waals surface area contributed by atoms with E-state index in [2.05, 4.69) is 0 Å². The number of rotatable bonds is 5. The largest absolute Gasteiger partial charge is 0.461 e. The molecule has 0 aliphatic carbocycles. The van der Waals surface area contributed by atoms with Crippen LogP contribution in [0.1, 0.15) is 12.0 Å². The summed E-state index contributed by atoms with van der Waals surface area (Å²) in [5.41, 5.74) is 1.68. The highest BCUT2D eigenvalue weighted by molar-refractivity contribution is 6.35. The Labute approximate surface area is 147 Å². The van der Waals surface area contributed by atoms with Gasteiger partial charge in [0.05, 0.1) is 11.9 Å². The monoisotopic (exact) mass is 365 g/mol. The molecular formula is C17H13Cl2NO4. The highest BCUT2D eigenvalue weighted by Crippen LogP contribution is 2.25. The summed E-state index contributed by atoms with van der Waals surface area (Å²) >= 11 is 12.0. The van der Waals surface area contributed by atoms with E-state index in [1.165, 1.54) is 4.57 Å². The number of hydrogen-bond acceptors (Lipinski definition) is 4.